The summed E-state index contributed by atoms with van der Waals surface area (Å²) in [6.07, 6.45) is 1.71. The fraction of sp³-hybridized carbons (Fsp3) is 0.417. The molecular formula is C12H15NO. The second-order valence-electron chi connectivity index (χ2n) is 3.95. The molecule has 0 spiro atoms. The van der Waals surface area contributed by atoms with E-state index in [0.29, 0.717) is 12.3 Å². The molecule has 1 aromatic carbocycles. The van der Waals surface area contributed by atoms with Crippen molar-refractivity contribution in [2.45, 2.75) is 25.7 Å². The van der Waals surface area contributed by atoms with Crippen LogP contribution in [0.15, 0.2) is 24.3 Å². The van der Waals surface area contributed by atoms with Crippen molar-refractivity contribution in [2.75, 3.05) is 6.54 Å². The fourth-order valence-electron chi connectivity index (χ4n) is 1.91. The number of carbonyl (C=O) groups is 1. The van der Waals surface area contributed by atoms with Gasteiger partial charge in [0.05, 0.1) is 0 Å². The van der Waals surface area contributed by atoms with E-state index < -0.39 is 0 Å². The summed E-state index contributed by atoms with van der Waals surface area (Å²) in [5.41, 5.74) is 2.57. The van der Waals surface area contributed by atoms with Crippen LogP contribution in [-0.2, 0) is 4.79 Å². The van der Waals surface area contributed by atoms with Crippen LogP contribution in [0.25, 0.3) is 0 Å². The maximum atomic E-state index is 11.2. The van der Waals surface area contributed by atoms with Crippen molar-refractivity contribution in [3.05, 3.63) is 35.4 Å². The standard InChI is InChI=1S/C12H15NO/c1-9-2-4-10(5-3-9)11-6-7-13-12(14)8-11/h2-5,11H,6-8H2,1H3,(H,13,14). The summed E-state index contributed by atoms with van der Waals surface area (Å²) in [7, 11) is 0. The molecule has 0 aromatic heterocycles. The lowest BCUT2D eigenvalue weighted by atomic mass is 9.89. The van der Waals surface area contributed by atoms with Crippen molar-refractivity contribution >= 4 is 5.91 Å². The Morgan fingerprint density at radius 1 is 1.29 bits per heavy atom. The number of hydrogen-bond donors (Lipinski definition) is 1. The molecule has 1 atom stereocenters. The van der Waals surface area contributed by atoms with Crippen LogP contribution < -0.4 is 5.32 Å². The van der Waals surface area contributed by atoms with Gasteiger partial charge in [0, 0.05) is 13.0 Å². The first-order valence-corrected chi connectivity index (χ1v) is 5.09. The smallest absolute Gasteiger partial charge is 0.220 e. The van der Waals surface area contributed by atoms with Crippen molar-refractivity contribution in [3.63, 3.8) is 0 Å². The molecule has 14 heavy (non-hydrogen) atoms. The molecular weight excluding hydrogens is 174 g/mol. The Balaban J connectivity index is 2.14. The van der Waals surface area contributed by atoms with Crippen LogP contribution in [0, 0.1) is 6.92 Å². The van der Waals surface area contributed by atoms with Gasteiger partial charge < -0.3 is 5.32 Å². The zero-order valence-corrected chi connectivity index (χ0v) is 8.42. The summed E-state index contributed by atoms with van der Waals surface area (Å²) in [4.78, 5) is 11.2. The highest BCUT2D eigenvalue weighted by atomic mass is 16.1. The Hall–Kier alpha value is -1.31. The predicted octanol–water partition coefficient (Wildman–Crippen LogP) is 1.99. The number of aryl methyl sites for hydroxylation is 1. The third-order valence-corrected chi connectivity index (χ3v) is 2.80. The molecule has 1 N–H and O–H groups in total. The van der Waals surface area contributed by atoms with Crippen molar-refractivity contribution in [2.24, 2.45) is 0 Å². The Bertz CT molecular complexity index is 329. The first-order valence-electron chi connectivity index (χ1n) is 5.09. The molecule has 74 valence electrons. The normalized spacial score (nSPS) is 21.8. The van der Waals surface area contributed by atoms with Gasteiger partial charge in [-0.2, -0.15) is 0 Å². The first-order chi connectivity index (χ1) is 6.75. The second kappa shape index (κ2) is 3.82. The molecule has 1 aliphatic heterocycles. The van der Waals surface area contributed by atoms with E-state index in [2.05, 4.69) is 36.5 Å². The Labute approximate surface area is 84.3 Å². The number of amides is 1. The van der Waals surface area contributed by atoms with Crippen LogP contribution >= 0.6 is 0 Å². The number of nitrogens with one attached hydrogen (secondary N) is 1. The van der Waals surface area contributed by atoms with E-state index in [1.54, 1.807) is 0 Å². The minimum atomic E-state index is 0.182. The molecule has 1 unspecified atom stereocenters. The summed E-state index contributed by atoms with van der Waals surface area (Å²) in [6, 6.07) is 8.50. The van der Waals surface area contributed by atoms with Gasteiger partial charge in [0.25, 0.3) is 0 Å². The molecule has 0 radical (unpaired) electrons. The van der Waals surface area contributed by atoms with Gasteiger partial charge in [-0.3, -0.25) is 4.79 Å². The van der Waals surface area contributed by atoms with E-state index in [1.807, 2.05) is 0 Å². The molecule has 2 rings (SSSR count). The molecule has 1 heterocycles. The van der Waals surface area contributed by atoms with Crippen molar-refractivity contribution in [3.8, 4) is 0 Å². The van der Waals surface area contributed by atoms with Gasteiger partial charge >= 0.3 is 0 Å². The van der Waals surface area contributed by atoms with Gasteiger partial charge in [-0.15, -0.1) is 0 Å². The monoisotopic (exact) mass is 189 g/mol. The minimum absolute atomic E-state index is 0.182. The van der Waals surface area contributed by atoms with Crippen molar-refractivity contribution in [1.29, 1.82) is 0 Å². The zero-order valence-electron chi connectivity index (χ0n) is 8.42. The van der Waals surface area contributed by atoms with Crippen molar-refractivity contribution in [1.82, 2.24) is 5.32 Å². The van der Waals surface area contributed by atoms with Gasteiger partial charge in [0.1, 0.15) is 0 Å². The zero-order chi connectivity index (χ0) is 9.97. The average Bonchev–Trinajstić information content (AvgIpc) is 2.19. The summed E-state index contributed by atoms with van der Waals surface area (Å²) < 4.78 is 0. The van der Waals surface area contributed by atoms with E-state index in [1.165, 1.54) is 11.1 Å². The number of hydrogen-bond acceptors (Lipinski definition) is 1. The topological polar surface area (TPSA) is 29.1 Å². The highest BCUT2D eigenvalue weighted by Crippen LogP contribution is 2.25. The van der Waals surface area contributed by atoms with Gasteiger partial charge in [-0.05, 0) is 24.8 Å². The number of carbonyl (C=O) groups excluding carboxylic acids is 1. The van der Waals surface area contributed by atoms with Crippen LogP contribution in [0.3, 0.4) is 0 Å². The summed E-state index contributed by atoms with van der Waals surface area (Å²) in [5, 5.41) is 2.85. The van der Waals surface area contributed by atoms with Crippen LogP contribution in [0.5, 0.6) is 0 Å². The largest absolute Gasteiger partial charge is 0.356 e. The first kappa shape index (κ1) is 9.25. The number of piperidine rings is 1. The van der Waals surface area contributed by atoms with E-state index >= 15 is 0 Å². The fourth-order valence-corrected chi connectivity index (χ4v) is 1.91. The lowest BCUT2D eigenvalue weighted by Crippen LogP contribution is -2.32. The number of benzene rings is 1. The Morgan fingerprint density at radius 2 is 2.00 bits per heavy atom. The Kier molecular flexibility index (Phi) is 2.53. The van der Waals surface area contributed by atoms with E-state index in [9.17, 15) is 4.79 Å². The van der Waals surface area contributed by atoms with Crippen LogP contribution in [0.1, 0.15) is 29.9 Å². The Morgan fingerprint density at radius 3 is 2.64 bits per heavy atom. The average molecular weight is 189 g/mol. The molecule has 2 nitrogen and oxygen atoms in total. The molecule has 1 fully saturated rings. The van der Waals surface area contributed by atoms with Gasteiger partial charge in [0.2, 0.25) is 5.91 Å². The van der Waals surface area contributed by atoms with Gasteiger partial charge in [0.15, 0.2) is 0 Å². The van der Waals surface area contributed by atoms with Gasteiger partial charge in [-0.25, -0.2) is 0 Å². The van der Waals surface area contributed by atoms with Gasteiger partial charge in [-0.1, -0.05) is 29.8 Å². The highest BCUT2D eigenvalue weighted by Gasteiger charge is 2.19. The van der Waals surface area contributed by atoms with Crippen LogP contribution in [0.4, 0.5) is 0 Å². The highest BCUT2D eigenvalue weighted by molar-refractivity contribution is 5.77. The summed E-state index contributed by atoms with van der Waals surface area (Å²) in [6.45, 7) is 2.90. The maximum absolute atomic E-state index is 11.2. The van der Waals surface area contributed by atoms with E-state index in [4.69, 9.17) is 0 Å². The molecule has 0 saturated carbocycles. The quantitative estimate of drug-likeness (QED) is 0.719. The van der Waals surface area contributed by atoms with Crippen molar-refractivity contribution < 1.29 is 4.79 Å². The molecule has 1 aliphatic rings. The van der Waals surface area contributed by atoms with Crippen LogP contribution in [-0.4, -0.2) is 12.5 Å². The number of rotatable bonds is 1. The second-order valence-corrected chi connectivity index (χ2v) is 3.95. The minimum Gasteiger partial charge on any atom is -0.356 e. The van der Waals surface area contributed by atoms with E-state index in [-0.39, 0.29) is 5.91 Å². The van der Waals surface area contributed by atoms with Crippen LogP contribution in [0.2, 0.25) is 0 Å². The predicted molar refractivity (Wildman–Crippen MR) is 56.2 cm³/mol. The van der Waals surface area contributed by atoms with E-state index in [0.717, 1.165) is 13.0 Å². The lowest BCUT2D eigenvalue weighted by Gasteiger charge is -2.22. The summed E-state index contributed by atoms with van der Waals surface area (Å²) >= 11 is 0. The molecule has 0 bridgehead atoms. The molecule has 1 amide bonds. The molecule has 1 saturated heterocycles. The molecule has 1 aromatic rings. The third-order valence-electron chi connectivity index (χ3n) is 2.80. The SMILES string of the molecule is Cc1ccc(C2CCNC(=O)C2)cc1. The third kappa shape index (κ3) is 1.95. The molecule has 0 aliphatic carbocycles. The summed E-state index contributed by atoms with van der Waals surface area (Å²) in [5.74, 6) is 0.603. The maximum Gasteiger partial charge on any atom is 0.220 e. The lowest BCUT2D eigenvalue weighted by molar-refractivity contribution is -0.122. The molecule has 2 heteroatoms.